The molecule has 0 radical (unpaired) electrons. The van der Waals surface area contributed by atoms with Gasteiger partial charge in [0.25, 0.3) is 11.8 Å². The molecule has 1 saturated heterocycles. The van der Waals surface area contributed by atoms with Crippen molar-refractivity contribution in [1.82, 2.24) is 20.1 Å². The van der Waals surface area contributed by atoms with Crippen LogP contribution in [0.4, 0.5) is 0 Å². The number of morpholine rings is 1. The van der Waals surface area contributed by atoms with E-state index in [1.54, 1.807) is 23.7 Å². The summed E-state index contributed by atoms with van der Waals surface area (Å²) in [6, 6.07) is 10.6. The van der Waals surface area contributed by atoms with E-state index in [0.717, 1.165) is 10.2 Å². The third-order valence-electron chi connectivity index (χ3n) is 5.02. The average molecular weight is 475 g/mol. The molecule has 0 spiro atoms. The Hall–Kier alpha value is -2.86. The molecular formula is C21H22N4O5S2. The van der Waals surface area contributed by atoms with Crippen molar-refractivity contribution in [3.8, 4) is 0 Å². The zero-order chi connectivity index (χ0) is 22.9. The van der Waals surface area contributed by atoms with Crippen LogP contribution in [0.2, 0.25) is 0 Å². The standard InChI is InChI=1S/C21H22N4O5S2/c1-13-10-25(11-14(2)30-13)32(28,29)17-6-3-15(4-7-17)20(26)23-24-21(27)16-5-8-18-19(9-16)31-12-22-18/h3-9,12-14H,10-11H2,1-2H3,(H,23,26)(H,24,27)/t13-,14-/m0/s1. The molecule has 1 fully saturated rings. The largest absolute Gasteiger partial charge is 0.373 e. The summed E-state index contributed by atoms with van der Waals surface area (Å²) in [7, 11) is -3.70. The maximum absolute atomic E-state index is 12.9. The lowest BCUT2D eigenvalue weighted by atomic mass is 10.2. The highest BCUT2D eigenvalue weighted by molar-refractivity contribution is 7.89. The van der Waals surface area contributed by atoms with Gasteiger partial charge in [0.1, 0.15) is 0 Å². The molecule has 1 aliphatic rings. The molecule has 0 unspecified atom stereocenters. The van der Waals surface area contributed by atoms with E-state index in [0.29, 0.717) is 5.56 Å². The number of nitrogens with zero attached hydrogens (tertiary/aromatic N) is 2. The number of carbonyl (C=O) groups excluding carboxylic acids is 2. The van der Waals surface area contributed by atoms with Gasteiger partial charge in [-0.3, -0.25) is 20.4 Å². The Morgan fingerprint density at radius 1 is 1.00 bits per heavy atom. The molecule has 0 saturated carbocycles. The fourth-order valence-electron chi connectivity index (χ4n) is 3.51. The van der Waals surface area contributed by atoms with Crippen molar-refractivity contribution < 1.29 is 22.7 Å². The van der Waals surface area contributed by atoms with E-state index in [1.165, 1.54) is 39.9 Å². The molecule has 0 bridgehead atoms. The fourth-order valence-corrected chi connectivity index (χ4v) is 5.82. The van der Waals surface area contributed by atoms with Crippen LogP contribution in [0.3, 0.4) is 0 Å². The SMILES string of the molecule is C[C@H]1CN(S(=O)(=O)c2ccc(C(=O)NNC(=O)c3ccc4ncsc4c3)cc2)C[C@H](C)O1. The molecule has 4 rings (SSSR count). The lowest BCUT2D eigenvalue weighted by Crippen LogP contribution is -2.48. The van der Waals surface area contributed by atoms with Crippen LogP contribution in [0.25, 0.3) is 10.2 Å². The molecule has 1 aliphatic heterocycles. The monoisotopic (exact) mass is 474 g/mol. The molecule has 2 heterocycles. The number of ether oxygens (including phenoxy) is 1. The number of hydrazine groups is 1. The predicted octanol–water partition coefficient (Wildman–Crippen LogP) is 2.17. The zero-order valence-corrected chi connectivity index (χ0v) is 19.1. The Labute approximate surface area is 189 Å². The number of hydrogen-bond donors (Lipinski definition) is 2. The number of sulfonamides is 1. The molecule has 2 atom stereocenters. The van der Waals surface area contributed by atoms with Gasteiger partial charge in [-0.25, -0.2) is 13.4 Å². The molecule has 2 N–H and O–H groups in total. The summed E-state index contributed by atoms with van der Waals surface area (Å²) in [4.78, 5) is 29.0. The lowest BCUT2D eigenvalue weighted by molar-refractivity contribution is -0.0440. The molecule has 2 aromatic carbocycles. The van der Waals surface area contributed by atoms with Gasteiger partial charge >= 0.3 is 0 Å². The van der Waals surface area contributed by atoms with Crippen molar-refractivity contribution in [3.05, 3.63) is 59.1 Å². The van der Waals surface area contributed by atoms with E-state index >= 15 is 0 Å². The molecular weight excluding hydrogens is 452 g/mol. The second kappa shape index (κ2) is 8.94. The van der Waals surface area contributed by atoms with Gasteiger partial charge in [-0.2, -0.15) is 4.31 Å². The maximum atomic E-state index is 12.9. The van der Waals surface area contributed by atoms with Crippen LogP contribution >= 0.6 is 11.3 Å². The number of amides is 2. The van der Waals surface area contributed by atoms with Gasteiger partial charge in [0.15, 0.2) is 0 Å². The van der Waals surface area contributed by atoms with Crippen molar-refractivity contribution in [1.29, 1.82) is 0 Å². The van der Waals surface area contributed by atoms with E-state index in [2.05, 4.69) is 15.8 Å². The Kier molecular flexibility index (Phi) is 6.24. The third-order valence-corrected chi connectivity index (χ3v) is 7.66. The van der Waals surface area contributed by atoms with E-state index in [-0.39, 0.29) is 35.8 Å². The number of carbonyl (C=O) groups is 2. The first kappa shape index (κ1) is 22.3. The summed E-state index contributed by atoms with van der Waals surface area (Å²) in [5.74, 6) is -1.03. The number of hydrogen-bond acceptors (Lipinski definition) is 7. The van der Waals surface area contributed by atoms with Crippen LogP contribution in [0.1, 0.15) is 34.6 Å². The van der Waals surface area contributed by atoms with Crippen LogP contribution in [0.5, 0.6) is 0 Å². The summed E-state index contributed by atoms with van der Waals surface area (Å²) in [6.07, 6.45) is -0.391. The zero-order valence-electron chi connectivity index (χ0n) is 17.4. The third kappa shape index (κ3) is 4.65. The van der Waals surface area contributed by atoms with Crippen LogP contribution < -0.4 is 10.9 Å². The number of aromatic nitrogens is 1. The Morgan fingerprint density at radius 2 is 1.59 bits per heavy atom. The highest BCUT2D eigenvalue weighted by Crippen LogP contribution is 2.22. The first-order valence-corrected chi connectivity index (χ1v) is 12.3. The molecule has 2 amide bonds. The second-order valence-electron chi connectivity index (χ2n) is 7.55. The van der Waals surface area contributed by atoms with Crippen molar-refractivity contribution in [2.24, 2.45) is 0 Å². The van der Waals surface area contributed by atoms with Gasteiger partial charge in [0.2, 0.25) is 10.0 Å². The Morgan fingerprint density at radius 3 is 2.25 bits per heavy atom. The lowest BCUT2D eigenvalue weighted by Gasteiger charge is -2.34. The van der Waals surface area contributed by atoms with Crippen LogP contribution in [-0.4, -0.2) is 54.8 Å². The van der Waals surface area contributed by atoms with Crippen LogP contribution in [-0.2, 0) is 14.8 Å². The maximum Gasteiger partial charge on any atom is 0.269 e. The van der Waals surface area contributed by atoms with E-state index in [9.17, 15) is 18.0 Å². The van der Waals surface area contributed by atoms with E-state index in [1.807, 2.05) is 13.8 Å². The smallest absolute Gasteiger partial charge is 0.269 e. The van der Waals surface area contributed by atoms with Gasteiger partial charge in [-0.1, -0.05) is 0 Å². The first-order valence-electron chi connectivity index (χ1n) is 9.93. The summed E-state index contributed by atoms with van der Waals surface area (Å²) < 4.78 is 33.7. The van der Waals surface area contributed by atoms with E-state index < -0.39 is 21.8 Å². The average Bonchev–Trinajstić information content (AvgIpc) is 3.24. The van der Waals surface area contributed by atoms with Crippen LogP contribution in [0.15, 0.2) is 52.9 Å². The van der Waals surface area contributed by atoms with Crippen molar-refractivity contribution in [2.75, 3.05) is 13.1 Å². The van der Waals surface area contributed by atoms with E-state index in [4.69, 9.17) is 4.74 Å². The van der Waals surface area contributed by atoms with Crippen molar-refractivity contribution >= 4 is 43.4 Å². The van der Waals surface area contributed by atoms with Gasteiger partial charge < -0.3 is 4.74 Å². The minimum absolute atomic E-state index is 0.0947. The number of rotatable bonds is 4. The van der Waals surface area contributed by atoms with Crippen molar-refractivity contribution in [3.63, 3.8) is 0 Å². The number of fused-ring (bicyclic) bond motifs is 1. The van der Waals surface area contributed by atoms with Gasteiger partial charge in [0, 0.05) is 24.2 Å². The number of benzene rings is 2. The first-order chi connectivity index (χ1) is 15.2. The highest BCUT2D eigenvalue weighted by atomic mass is 32.2. The molecule has 9 nitrogen and oxygen atoms in total. The fraction of sp³-hybridized carbons (Fsp3) is 0.286. The van der Waals surface area contributed by atoms with Gasteiger partial charge in [-0.15, -0.1) is 11.3 Å². The molecule has 11 heteroatoms. The minimum atomic E-state index is -3.70. The topological polar surface area (TPSA) is 118 Å². The predicted molar refractivity (Wildman–Crippen MR) is 120 cm³/mol. The highest BCUT2D eigenvalue weighted by Gasteiger charge is 2.32. The molecule has 168 valence electrons. The molecule has 1 aromatic heterocycles. The summed E-state index contributed by atoms with van der Waals surface area (Å²) in [5, 5.41) is 0. The number of thiazole rings is 1. The van der Waals surface area contributed by atoms with Crippen LogP contribution in [0, 0.1) is 0 Å². The molecule has 0 aliphatic carbocycles. The summed E-state index contributed by atoms with van der Waals surface area (Å²) >= 11 is 1.42. The normalized spacial score (nSPS) is 19.6. The van der Waals surface area contributed by atoms with Gasteiger partial charge in [0.05, 0.1) is 32.8 Å². The number of nitrogens with one attached hydrogen (secondary N) is 2. The van der Waals surface area contributed by atoms with Crippen molar-refractivity contribution in [2.45, 2.75) is 31.0 Å². The molecule has 32 heavy (non-hydrogen) atoms. The Balaban J connectivity index is 1.40. The van der Waals surface area contributed by atoms with Gasteiger partial charge in [-0.05, 0) is 56.3 Å². The Bertz CT molecular complexity index is 1250. The summed E-state index contributed by atoms with van der Waals surface area (Å²) in [5.41, 5.74) is 7.80. The minimum Gasteiger partial charge on any atom is -0.373 e. The quantitative estimate of drug-likeness (QED) is 0.560. The second-order valence-corrected chi connectivity index (χ2v) is 10.4. The summed E-state index contributed by atoms with van der Waals surface area (Å²) in [6.45, 7) is 4.20. The molecule has 3 aromatic rings.